The summed E-state index contributed by atoms with van der Waals surface area (Å²) in [6.07, 6.45) is 2.07. The van der Waals surface area contributed by atoms with Gasteiger partial charge >= 0.3 is 0 Å². The highest BCUT2D eigenvalue weighted by Crippen LogP contribution is 2.11. The molecular formula is C18H23FN4O2. The molecule has 3 rings (SSSR count). The zero-order valence-electron chi connectivity index (χ0n) is 14.5. The fourth-order valence-corrected chi connectivity index (χ4v) is 3.09. The molecule has 1 saturated heterocycles. The number of halogens is 1. The molecule has 0 spiro atoms. The van der Waals surface area contributed by atoms with Gasteiger partial charge in [-0.05, 0) is 38.1 Å². The van der Waals surface area contributed by atoms with Crippen molar-refractivity contribution in [2.45, 2.75) is 26.1 Å². The molecule has 1 fully saturated rings. The van der Waals surface area contributed by atoms with Crippen molar-refractivity contribution in [1.82, 2.24) is 20.0 Å². The van der Waals surface area contributed by atoms with E-state index in [1.165, 1.54) is 16.8 Å². The summed E-state index contributed by atoms with van der Waals surface area (Å²) in [5.41, 5.74) is 0.892. The van der Waals surface area contributed by atoms with E-state index in [-0.39, 0.29) is 23.9 Å². The minimum atomic E-state index is -0.340. The van der Waals surface area contributed by atoms with Crippen LogP contribution in [0.3, 0.4) is 0 Å². The Hall–Kier alpha value is -2.25. The van der Waals surface area contributed by atoms with Gasteiger partial charge in [0.1, 0.15) is 5.82 Å². The van der Waals surface area contributed by atoms with E-state index in [4.69, 9.17) is 4.74 Å². The number of ether oxygens (including phenoxy) is 1. The summed E-state index contributed by atoms with van der Waals surface area (Å²) in [7, 11) is 0. The van der Waals surface area contributed by atoms with Gasteiger partial charge in [0.2, 0.25) is 0 Å². The summed E-state index contributed by atoms with van der Waals surface area (Å²) in [6, 6.07) is 7.71. The van der Waals surface area contributed by atoms with Crippen molar-refractivity contribution in [2.75, 3.05) is 26.2 Å². The number of carbonyl (C=O) groups is 1. The maximum atomic E-state index is 13.3. The van der Waals surface area contributed by atoms with Gasteiger partial charge in [-0.3, -0.25) is 9.69 Å². The first-order valence-electron chi connectivity index (χ1n) is 8.49. The van der Waals surface area contributed by atoms with Crippen molar-refractivity contribution in [3.63, 3.8) is 0 Å². The standard InChI is InChI=1S/C18H23FN4O2/c1-13-11-22(12-14(2)25-13)9-7-20-18(24)17-6-8-23(21-17)16-5-3-4-15(19)10-16/h3-6,8,10,13-14H,7,9,11-12H2,1-2H3,(H,20,24). The fourth-order valence-electron chi connectivity index (χ4n) is 3.09. The topological polar surface area (TPSA) is 59.4 Å². The van der Waals surface area contributed by atoms with E-state index in [9.17, 15) is 9.18 Å². The van der Waals surface area contributed by atoms with E-state index in [2.05, 4.69) is 29.2 Å². The number of aromatic nitrogens is 2. The molecule has 2 aromatic rings. The number of benzene rings is 1. The molecule has 6 nitrogen and oxygen atoms in total. The number of hydrogen-bond donors (Lipinski definition) is 1. The maximum absolute atomic E-state index is 13.3. The maximum Gasteiger partial charge on any atom is 0.271 e. The Balaban J connectivity index is 1.52. The van der Waals surface area contributed by atoms with Crippen LogP contribution in [0.15, 0.2) is 36.5 Å². The Kier molecular flexibility index (Phi) is 5.45. The Morgan fingerprint density at radius 2 is 2.08 bits per heavy atom. The van der Waals surface area contributed by atoms with E-state index in [0.29, 0.717) is 17.9 Å². The van der Waals surface area contributed by atoms with Crippen molar-refractivity contribution in [3.8, 4) is 5.69 Å². The Morgan fingerprint density at radius 1 is 1.32 bits per heavy atom. The quantitative estimate of drug-likeness (QED) is 0.898. The predicted molar refractivity (Wildman–Crippen MR) is 92.3 cm³/mol. The molecule has 134 valence electrons. The van der Waals surface area contributed by atoms with Crippen LogP contribution in [0.5, 0.6) is 0 Å². The fraction of sp³-hybridized carbons (Fsp3) is 0.444. The Labute approximate surface area is 146 Å². The first-order chi connectivity index (χ1) is 12.0. The molecule has 1 aliphatic heterocycles. The Bertz CT molecular complexity index is 723. The molecule has 2 atom stereocenters. The van der Waals surface area contributed by atoms with Gasteiger partial charge in [0.25, 0.3) is 5.91 Å². The molecule has 1 N–H and O–H groups in total. The average Bonchev–Trinajstić information content (AvgIpc) is 3.04. The van der Waals surface area contributed by atoms with Crippen molar-refractivity contribution in [3.05, 3.63) is 48.0 Å². The summed E-state index contributed by atoms with van der Waals surface area (Å²) in [4.78, 5) is 14.5. The largest absolute Gasteiger partial charge is 0.373 e. The van der Waals surface area contributed by atoms with Crippen LogP contribution in [0, 0.1) is 5.82 Å². The molecule has 1 amide bonds. The van der Waals surface area contributed by atoms with Crippen LogP contribution in [0.2, 0.25) is 0 Å². The van der Waals surface area contributed by atoms with Gasteiger partial charge in [0, 0.05) is 32.4 Å². The molecule has 2 heterocycles. The number of nitrogens with one attached hydrogen (secondary N) is 1. The molecule has 0 radical (unpaired) electrons. The average molecular weight is 346 g/mol. The van der Waals surface area contributed by atoms with Crippen molar-refractivity contribution in [1.29, 1.82) is 0 Å². The van der Waals surface area contributed by atoms with Crippen LogP contribution >= 0.6 is 0 Å². The van der Waals surface area contributed by atoms with E-state index in [1.807, 2.05) is 0 Å². The second-order valence-corrected chi connectivity index (χ2v) is 6.40. The van der Waals surface area contributed by atoms with Gasteiger partial charge in [-0.15, -0.1) is 0 Å². The lowest BCUT2D eigenvalue weighted by Gasteiger charge is -2.35. The van der Waals surface area contributed by atoms with Crippen molar-refractivity contribution in [2.24, 2.45) is 0 Å². The molecule has 2 unspecified atom stereocenters. The molecule has 0 aliphatic carbocycles. The van der Waals surface area contributed by atoms with Crippen LogP contribution in [0.4, 0.5) is 4.39 Å². The summed E-state index contributed by atoms with van der Waals surface area (Å²) in [5.74, 6) is -0.572. The predicted octanol–water partition coefficient (Wildman–Crippen LogP) is 1.85. The lowest BCUT2D eigenvalue weighted by atomic mass is 10.2. The van der Waals surface area contributed by atoms with Crippen LogP contribution in [-0.4, -0.2) is 59.0 Å². The second kappa shape index (κ2) is 7.76. The molecule has 1 aliphatic rings. The van der Waals surface area contributed by atoms with Gasteiger partial charge in [-0.2, -0.15) is 5.10 Å². The molecule has 1 aromatic heterocycles. The number of morpholine rings is 1. The summed E-state index contributed by atoms with van der Waals surface area (Å²) >= 11 is 0. The lowest BCUT2D eigenvalue weighted by molar-refractivity contribution is -0.0672. The SMILES string of the molecule is CC1CN(CCNC(=O)c2ccn(-c3cccc(F)c3)n2)CC(C)O1. The zero-order valence-corrected chi connectivity index (χ0v) is 14.5. The highest BCUT2D eigenvalue weighted by molar-refractivity contribution is 5.92. The van der Waals surface area contributed by atoms with Crippen LogP contribution < -0.4 is 5.32 Å². The minimum absolute atomic E-state index is 0.210. The first-order valence-corrected chi connectivity index (χ1v) is 8.49. The second-order valence-electron chi connectivity index (χ2n) is 6.40. The lowest BCUT2D eigenvalue weighted by Crippen LogP contribution is -2.47. The van der Waals surface area contributed by atoms with Crippen LogP contribution in [0.1, 0.15) is 24.3 Å². The van der Waals surface area contributed by atoms with Gasteiger partial charge in [-0.25, -0.2) is 9.07 Å². The third kappa shape index (κ3) is 4.64. The number of amides is 1. The van der Waals surface area contributed by atoms with Gasteiger partial charge in [0.15, 0.2) is 5.69 Å². The zero-order chi connectivity index (χ0) is 17.8. The number of carbonyl (C=O) groups excluding carboxylic acids is 1. The van der Waals surface area contributed by atoms with Crippen LogP contribution in [0.25, 0.3) is 5.69 Å². The molecular weight excluding hydrogens is 323 g/mol. The van der Waals surface area contributed by atoms with Crippen LogP contribution in [-0.2, 0) is 4.74 Å². The normalized spacial score (nSPS) is 21.2. The van der Waals surface area contributed by atoms with E-state index in [0.717, 1.165) is 19.6 Å². The molecule has 0 saturated carbocycles. The van der Waals surface area contributed by atoms with E-state index >= 15 is 0 Å². The number of nitrogens with zero attached hydrogens (tertiary/aromatic N) is 3. The van der Waals surface area contributed by atoms with E-state index in [1.54, 1.807) is 24.4 Å². The first kappa shape index (κ1) is 17.6. The number of rotatable bonds is 5. The summed E-state index contributed by atoms with van der Waals surface area (Å²) in [5, 5.41) is 7.10. The summed E-state index contributed by atoms with van der Waals surface area (Å²) in [6.45, 7) is 7.17. The Morgan fingerprint density at radius 3 is 2.80 bits per heavy atom. The van der Waals surface area contributed by atoms with Crippen molar-refractivity contribution < 1.29 is 13.9 Å². The third-order valence-corrected chi connectivity index (χ3v) is 4.10. The van der Waals surface area contributed by atoms with Crippen molar-refractivity contribution >= 4 is 5.91 Å². The molecule has 7 heteroatoms. The number of hydrogen-bond acceptors (Lipinski definition) is 4. The van der Waals surface area contributed by atoms with Gasteiger partial charge in [-0.1, -0.05) is 6.07 Å². The molecule has 0 bridgehead atoms. The molecule has 25 heavy (non-hydrogen) atoms. The van der Waals surface area contributed by atoms with Gasteiger partial charge < -0.3 is 10.1 Å². The summed E-state index contributed by atoms with van der Waals surface area (Å²) < 4.78 is 20.5. The van der Waals surface area contributed by atoms with E-state index < -0.39 is 0 Å². The minimum Gasteiger partial charge on any atom is -0.373 e. The monoisotopic (exact) mass is 346 g/mol. The highest BCUT2D eigenvalue weighted by Gasteiger charge is 2.21. The molecule has 1 aromatic carbocycles. The van der Waals surface area contributed by atoms with Gasteiger partial charge in [0.05, 0.1) is 17.9 Å². The smallest absolute Gasteiger partial charge is 0.271 e. The highest BCUT2D eigenvalue weighted by atomic mass is 19.1. The third-order valence-electron chi connectivity index (χ3n) is 4.10.